The fraction of sp³-hybridized carbons (Fsp3) is 0.167. The molecule has 0 N–H and O–H groups in total. The second-order valence-corrected chi connectivity index (χ2v) is 7.66. The van der Waals surface area contributed by atoms with Crippen LogP contribution in [0.1, 0.15) is 12.8 Å². The normalized spacial score (nSPS) is 24.0. The van der Waals surface area contributed by atoms with Crippen LogP contribution in [0, 0.1) is 0 Å². The van der Waals surface area contributed by atoms with Gasteiger partial charge in [0.1, 0.15) is 0 Å². The second kappa shape index (κ2) is 5.17. The largest absolute Gasteiger partial charge is 0.0899 e. The maximum atomic E-state index is 2.30. The summed E-state index contributed by atoms with van der Waals surface area (Å²) in [6, 6.07) is 0. The van der Waals surface area contributed by atoms with Gasteiger partial charge < -0.3 is 0 Å². The number of hydrogen-bond donors (Lipinski definition) is 0. The molecule has 0 fully saturated rings. The van der Waals surface area contributed by atoms with E-state index >= 15 is 0 Å². The van der Waals surface area contributed by atoms with Crippen molar-refractivity contribution in [2.24, 2.45) is 0 Å². The molecule has 0 radical (unpaired) electrons. The van der Waals surface area contributed by atoms with Crippen molar-refractivity contribution < 1.29 is 0 Å². The lowest BCUT2D eigenvalue weighted by Gasteiger charge is -2.14. The Hall–Kier alpha value is 0.1000. The van der Waals surface area contributed by atoms with Crippen LogP contribution < -0.4 is 0 Å². The van der Waals surface area contributed by atoms with Crippen LogP contribution in [0.5, 0.6) is 0 Å². The smallest absolute Gasteiger partial charge is 0.0519 e. The Kier molecular flexibility index (Phi) is 3.62. The van der Waals surface area contributed by atoms with Gasteiger partial charge >= 0.3 is 0 Å². The Morgan fingerprint density at radius 1 is 0.625 bits per heavy atom. The van der Waals surface area contributed by atoms with Gasteiger partial charge in [-0.2, -0.15) is 0 Å². The van der Waals surface area contributed by atoms with E-state index in [1.54, 1.807) is 0 Å². The van der Waals surface area contributed by atoms with Crippen LogP contribution in [0.15, 0.2) is 53.4 Å². The van der Waals surface area contributed by atoms with Crippen LogP contribution in [-0.4, -0.2) is 0 Å². The molecule has 4 heteroatoms. The number of thioether (sulfide) groups is 4. The highest BCUT2D eigenvalue weighted by molar-refractivity contribution is 8.27. The first kappa shape index (κ1) is 11.2. The molecule has 0 unspecified atom stereocenters. The highest BCUT2D eigenvalue weighted by Crippen LogP contribution is 2.45. The molecule has 0 aromatic heterocycles. The van der Waals surface area contributed by atoms with Gasteiger partial charge in [-0.3, -0.25) is 0 Å². The molecule has 3 aliphatic rings. The van der Waals surface area contributed by atoms with Gasteiger partial charge in [0.25, 0.3) is 0 Å². The van der Waals surface area contributed by atoms with Crippen LogP contribution in [0.25, 0.3) is 0 Å². The third-order valence-electron chi connectivity index (χ3n) is 2.49. The van der Waals surface area contributed by atoms with Crippen LogP contribution in [0.3, 0.4) is 0 Å². The van der Waals surface area contributed by atoms with Gasteiger partial charge in [-0.1, -0.05) is 59.2 Å². The topological polar surface area (TPSA) is 0 Å². The van der Waals surface area contributed by atoms with Gasteiger partial charge in [-0.25, -0.2) is 0 Å². The van der Waals surface area contributed by atoms with E-state index in [0.29, 0.717) is 0 Å². The van der Waals surface area contributed by atoms with Crippen molar-refractivity contribution in [3.63, 3.8) is 0 Å². The van der Waals surface area contributed by atoms with Gasteiger partial charge in [0.05, 0.1) is 8.47 Å². The quantitative estimate of drug-likeness (QED) is 0.561. The van der Waals surface area contributed by atoms with E-state index in [-0.39, 0.29) is 0 Å². The number of rotatable bonds is 0. The summed E-state index contributed by atoms with van der Waals surface area (Å²) in [5, 5.41) is 8.67. The molecule has 0 saturated carbocycles. The number of hydrogen-bond acceptors (Lipinski definition) is 4. The summed E-state index contributed by atoms with van der Waals surface area (Å²) in [4.78, 5) is 0. The summed E-state index contributed by atoms with van der Waals surface area (Å²) >= 11 is 7.42. The average Bonchev–Trinajstić information content (AvgIpc) is 3.03. The molecule has 0 nitrogen and oxygen atoms in total. The summed E-state index contributed by atoms with van der Waals surface area (Å²) in [7, 11) is 0. The van der Waals surface area contributed by atoms with Crippen molar-refractivity contribution in [2.75, 3.05) is 0 Å². The molecule has 0 spiro atoms. The van der Waals surface area contributed by atoms with Crippen molar-refractivity contribution in [1.29, 1.82) is 0 Å². The lowest BCUT2D eigenvalue weighted by molar-refractivity contribution is 0.949. The molecule has 0 atom stereocenters. The van der Waals surface area contributed by atoms with E-state index in [0.717, 1.165) is 0 Å². The standard InChI is InChI=1S/C12H10S4/c1-2-10(12-15-7-8-16-12)4-3-9(1)11-13-5-6-14-11/h1-2,5-8H,3-4H2. The minimum atomic E-state index is 1.19. The molecular weight excluding hydrogens is 272 g/mol. The van der Waals surface area contributed by atoms with Crippen LogP contribution >= 0.6 is 47.0 Å². The Bertz CT molecular complexity index is 390. The maximum Gasteiger partial charge on any atom is 0.0519 e. The molecule has 82 valence electrons. The summed E-state index contributed by atoms with van der Waals surface area (Å²) in [6.07, 6.45) is 6.97. The van der Waals surface area contributed by atoms with E-state index in [9.17, 15) is 0 Å². The molecule has 3 rings (SSSR count). The van der Waals surface area contributed by atoms with E-state index < -0.39 is 0 Å². The monoisotopic (exact) mass is 282 g/mol. The average molecular weight is 282 g/mol. The molecule has 0 bridgehead atoms. The van der Waals surface area contributed by atoms with Crippen molar-refractivity contribution in [1.82, 2.24) is 0 Å². The highest BCUT2D eigenvalue weighted by Gasteiger charge is 2.15. The Morgan fingerprint density at radius 3 is 1.31 bits per heavy atom. The third-order valence-corrected chi connectivity index (χ3v) is 6.98. The Balaban J connectivity index is 1.80. The Labute approximate surface area is 113 Å². The van der Waals surface area contributed by atoms with Gasteiger partial charge in [-0.15, -0.1) is 0 Å². The molecule has 2 aliphatic heterocycles. The van der Waals surface area contributed by atoms with Gasteiger partial charge in [-0.05, 0) is 45.6 Å². The summed E-state index contributed by atoms with van der Waals surface area (Å²) in [5.41, 5.74) is 3.01. The first-order valence-corrected chi connectivity index (χ1v) is 8.56. The van der Waals surface area contributed by atoms with Crippen molar-refractivity contribution in [3.05, 3.63) is 53.4 Å². The molecule has 0 amide bonds. The minimum Gasteiger partial charge on any atom is -0.0899 e. The minimum absolute atomic E-state index is 1.19. The third kappa shape index (κ3) is 2.35. The van der Waals surface area contributed by atoms with Crippen molar-refractivity contribution >= 4 is 47.0 Å². The molecular formula is C12H10S4. The lowest BCUT2D eigenvalue weighted by Crippen LogP contribution is -1.93. The molecule has 16 heavy (non-hydrogen) atoms. The fourth-order valence-electron chi connectivity index (χ4n) is 1.69. The summed E-state index contributed by atoms with van der Waals surface area (Å²) < 4.78 is 2.93. The predicted molar refractivity (Wildman–Crippen MR) is 81.1 cm³/mol. The second-order valence-electron chi connectivity index (χ2n) is 3.47. The summed E-state index contributed by atoms with van der Waals surface area (Å²) in [5.74, 6) is 0. The number of allylic oxidation sites excluding steroid dienone is 4. The van der Waals surface area contributed by atoms with Crippen LogP contribution in [0.2, 0.25) is 0 Å². The predicted octanol–water partition coefficient (Wildman–Crippen LogP) is 5.66. The zero-order chi connectivity index (χ0) is 10.8. The van der Waals surface area contributed by atoms with Crippen LogP contribution in [0.4, 0.5) is 0 Å². The Morgan fingerprint density at radius 2 is 1.00 bits per heavy atom. The molecule has 0 saturated heterocycles. The fourth-order valence-corrected chi connectivity index (χ4v) is 5.47. The summed E-state index contributed by atoms with van der Waals surface area (Å²) in [6.45, 7) is 0. The van der Waals surface area contributed by atoms with Crippen molar-refractivity contribution in [3.8, 4) is 0 Å². The zero-order valence-corrected chi connectivity index (χ0v) is 11.8. The SMILES string of the molecule is C1=CSC(=C2C=CC(=C3SC=CS3)CC2)S1. The first-order valence-electron chi connectivity index (χ1n) is 5.04. The van der Waals surface area contributed by atoms with E-state index in [4.69, 9.17) is 0 Å². The van der Waals surface area contributed by atoms with Gasteiger partial charge in [0, 0.05) is 0 Å². The molecule has 1 aliphatic carbocycles. The maximum absolute atomic E-state index is 2.30. The van der Waals surface area contributed by atoms with E-state index in [2.05, 4.69) is 33.8 Å². The van der Waals surface area contributed by atoms with Gasteiger partial charge in [0.2, 0.25) is 0 Å². The highest BCUT2D eigenvalue weighted by atomic mass is 32.2. The van der Waals surface area contributed by atoms with E-state index in [1.807, 2.05) is 47.0 Å². The van der Waals surface area contributed by atoms with Crippen molar-refractivity contribution in [2.45, 2.75) is 12.8 Å². The van der Waals surface area contributed by atoms with Gasteiger partial charge in [0.15, 0.2) is 0 Å². The molecule has 2 heterocycles. The first-order chi connectivity index (χ1) is 7.93. The van der Waals surface area contributed by atoms with Crippen LogP contribution in [-0.2, 0) is 0 Å². The zero-order valence-electron chi connectivity index (χ0n) is 8.51. The lowest BCUT2D eigenvalue weighted by atomic mass is 10.00. The van der Waals surface area contributed by atoms with E-state index in [1.165, 1.54) is 32.5 Å². The molecule has 0 aromatic rings. The molecule has 0 aromatic carbocycles.